The van der Waals surface area contributed by atoms with Crippen molar-refractivity contribution in [3.8, 4) is 0 Å². The third-order valence-corrected chi connectivity index (χ3v) is 3.11. The van der Waals surface area contributed by atoms with E-state index in [9.17, 15) is 9.90 Å². The molecule has 1 atom stereocenters. The van der Waals surface area contributed by atoms with Gasteiger partial charge < -0.3 is 9.84 Å². The Balaban J connectivity index is 3.27. The maximum absolute atomic E-state index is 11.2. The number of hydrogen-bond acceptors (Lipinski definition) is 4. The van der Waals surface area contributed by atoms with Gasteiger partial charge in [-0.3, -0.25) is 0 Å². The van der Waals surface area contributed by atoms with Crippen molar-refractivity contribution in [1.29, 1.82) is 0 Å². The fourth-order valence-corrected chi connectivity index (χ4v) is 1.87. The summed E-state index contributed by atoms with van der Waals surface area (Å²) in [4.78, 5) is 11.2. The summed E-state index contributed by atoms with van der Waals surface area (Å²) in [6, 6.07) is 0. The predicted molar refractivity (Wildman–Crippen MR) is 68.5 cm³/mol. The zero-order valence-electron chi connectivity index (χ0n) is 10.4. The molecule has 0 aromatic heterocycles. The first kappa shape index (κ1) is 15.8. The van der Waals surface area contributed by atoms with Gasteiger partial charge in [0.25, 0.3) is 0 Å². The monoisotopic (exact) mass is 248 g/mol. The van der Waals surface area contributed by atoms with Gasteiger partial charge in [0.2, 0.25) is 0 Å². The molecule has 0 bridgehead atoms. The van der Waals surface area contributed by atoms with Gasteiger partial charge in [-0.2, -0.15) is 0 Å². The molecule has 0 saturated heterocycles. The molecule has 0 aromatic carbocycles. The Labute approximate surface area is 103 Å². The van der Waals surface area contributed by atoms with Crippen LogP contribution in [0.3, 0.4) is 0 Å². The van der Waals surface area contributed by atoms with Crippen LogP contribution in [0.2, 0.25) is 0 Å². The number of thioether (sulfide) groups is 1. The quantitative estimate of drug-likeness (QED) is 0.367. The number of aliphatic hydroxyl groups excluding tert-OH is 1. The lowest BCUT2D eigenvalue weighted by Crippen LogP contribution is -2.20. The Morgan fingerprint density at radius 2 is 1.81 bits per heavy atom. The van der Waals surface area contributed by atoms with Crippen LogP contribution >= 0.6 is 11.8 Å². The molecule has 0 amide bonds. The molecule has 0 saturated carbocycles. The molecule has 16 heavy (non-hydrogen) atoms. The van der Waals surface area contributed by atoms with Gasteiger partial charge in [-0.25, -0.2) is 4.79 Å². The molecule has 0 fully saturated rings. The molecular weight excluding hydrogens is 224 g/mol. The maximum atomic E-state index is 11.2. The van der Waals surface area contributed by atoms with Crippen LogP contribution in [0, 0.1) is 0 Å². The minimum absolute atomic E-state index is 0.437. The van der Waals surface area contributed by atoms with E-state index in [-0.39, 0.29) is 0 Å². The topological polar surface area (TPSA) is 46.5 Å². The van der Waals surface area contributed by atoms with Crippen LogP contribution in [0.4, 0.5) is 0 Å². The van der Waals surface area contributed by atoms with Crippen LogP contribution in [-0.2, 0) is 9.53 Å². The third-order valence-electron chi connectivity index (χ3n) is 2.27. The lowest BCUT2D eigenvalue weighted by Gasteiger charge is -2.08. The average Bonchev–Trinajstić information content (AvgIpc) is 2.28. The van der Waals surface area contributed by atoms with Gasteiger partial charge in [0.15, 0.2) is 5.44 Å². The second kappa shape index (κ2) is 11.3. The van der Waals surface area contributed by atoms with E-state index < -0.39 is 11.4 Å². The van der Waals surface area contributed by atoms with E-state index in [0.717, 1.165) is 12.8 Å². The summed E-state index contributed by atoms with van der Waals surface area (Å²) in [5, 5.41) is 9.28. The van der Waals surface area contributed by atoms with Gasteiger partial charge in [0.05, 0.1) is 6.61 Å². The molecule has 0 rings (SSSR count). The molecule has 1 N–H and O–H groups in total. The van der Waals surface area contributed by atoms with Crippen LogP contribution in [-0.4, -0.2) is 28.9 Å². The summed E-state index contributed by atoms with van der Waals surface area (Å²) in [7, 11) is 0. The van der Waals surface area contributed by atoms with Crippen molar-refractivity contribution >= 4 is 17.7 Å². The lowest BCUT2D eigenvalue weighted by molar-refractivity contribution is -0.148. The van der Waals surface area contributed by atoms with Crippen molar-refractivity contribution in [3.63, 3.8) is 0 Å². The Morgan fingerprint density at radius 3 is 2.44 bits per heavy atom. The fraction of sp³-hybridized carbons (Fsp3) is 0.917. The zero-order chi connectivity index (χ0) is 12.2. The predicted octanol–water partition coefficient (Wildman–Crippen LogP) is 2.96. The largest absolute Gasteiger partial charge is 0.463 e. The second-order valence-corrected chi connectivity index (χ2v) is 5.10. The highest BCUT2D eigenvalue weighted by Gasteiger charge is 2.15. The molecular formula is C12H24O3S. The number of unbranched alkanes of at least 4 members (excludes halogenated alkanes) is 5. The molecule has 0 aliphatic rings. The van der Waals surface area contributed by atoms with Crippen LogP contribution < -0.4 is 0 Å². The minimum atomic E-state index is -1.01. The number of esters is 1. The van der Waals surface area contributed by atoms with Gasteiger partial charge in [0, 0.05) is 0 Å². The molecule has 0 radical (unpaired) electrons. The van der Waals surface area contributed by atoms with Gasteiger partial charge in [-0.15, -0.1) is 11.8 Å². The highest BCUT2D eigenvalue weighted by molar-refractivity contribution is 8.00. The SMILES string of the molecule is CCCCCCCCOC(=O)C(O)SCC. The second-order valence-electron chi connectivity index (χ2n) is 3.74. The van der Waals surface area contributed by atoms with Crippen LogP contribution in [0.5, 0.6) is 0 Å². The smallest absolute Gasteiger partial charge is 0.345 e. The molecule has 0 heterocycles. The van der Waals surface area contributed by atoms with Crippen molar-refractivity contribution in [2.45, 2.75) is 57.8 Å². The van der Waals surface area contributed by atoms with Crippen molar-refractivity contribution < 1.29 is 14.6 Å². The Bertz CT molecular complexity index is 174. The highest BCUT2D eigenvalue weighted by Crippen LogP contribution is 2.09. The highest BCUT2D eigenvalue weighted by atomic mass is 32.2. The van der Waals surface area contributed by atoms with Crippen molar-refractivity contribution in [2.24, 2.45) is 0 Å². The summed E-state index contributed by atoms with van der Waals surface area (Å²) in [5.74, 6) is 0.216. The standard InChI is InChI=1S/C12H24O3S/c1-3-5-6-7-8-9-10-15-11(13)12(14)16-4-2/h12,14H,3-10H2,1-2H3. The van der Waals surface area contributed by atoms with Crippen LogP contribution in [0.1, 0.15) is 52.4 Å². The van der Waals surface area contributed by atoms with Crippen molar-refractivity contribution in [1.82, 2.24) is 0 Å². The first-order valence-electron chi connectivity index (χ1n) is 6.18. The average molecular weight is 248 g/mol. The van der Waals surface area contributed by atoms with E-state index in [4.69, 9.17) is 4.74 Å². The van der Waals surface area contributed by atoms with Gasteiger partial charge in [-0.1, -0.05) is 46.0 Å². The molecule has 1 unspecified atom stereocenters. The molecule has 4 heteroatoms. The lowest BCUT2D eigenvalue weighted by atomic mass is 10.1. The first-order chi connectivity index (χ1) is 7.72. The first-order valence-corrected chi connectivity index (χ1v) is 7.23. The fourth-order valence-electron chi connectivity index (χ4n) is 1.35. The summed E-state index contributed by atoms with van der Waals surface area (Å²) < 4.78 is 4.95. The van der Waals surface area contributed by atoms with E-state index in [1.807, 2.05) is 6.92 Å². The normalized spacial score (nSPS) is 12.4. The molecule has 0 aromatic rings. The summed E-state index contributed by atoms with van der Waals surface area (Å²) >= 11 is 1.20. The van der Waals surface area contributed by atoms with Gasteiger partial charge >= 0.3 is 5.97 Å². The van der Waals surface area contributed by atoms with E-state index >= 15 is 0 Å². The number of carbonyl (C=O) groups is 1. The van der Waals surface area contributed by atoms with E-state index in [0.29, 0.717) is 12.4 Å². The molecule has 0 aliphatic heterocycles. The van der Waals surface area contributed by atoms with E-state index in [1.54, 1.807) is 0 Å². The number of carbonyl (C=O) groups excluding carboxylic acids is 1. The van der Waals surface area contributed by atoms with Crippen LogP contribution in [0.25, 0.3) is 0 Å². The molecule has 3 nitrogen and oxygen atoms in total. The van der Waals surface area contributed by atoms with E-state index in [2.05, 4.69) is 6.92 Å². The molecule has 0 aliphatic carbocycles. The Hall–Kier alpha value is -0.220. The minimum Gasteiger partial charge on any atom is -0.463 e. The summed E-state index contributed by atoms with van der Waals surface area (Å²) in [5.41, 5.74) is -1.01. The van der Waals surface area contributed by atoms with Gasteiger partial charge in [-0.05, 0) is 12.2 Å². The number of rotatable bonds is 10. The van der Waals surface area contributed by atoms with Crippen molar-refractivity contribution in [3.05, 3.63) is 0 Å². The molecule has 96 valence electrons. The number of hydrogen-bond donors (Lipinski definition) is 1. The summed E-state index contributed by atoms with van der Waals surface area (Å²) in [6.45, 7) is 4.52. The van der Waals surface area contributed by atoms with Crippen molar-refractivity contribution in [2.75, 3.05) is 12.4 Å². The van der Waals surface area contributed by atoms with Crippen LogP contribution in [0.15, 0.2) is 0 Å². The Kier molecular flexibility index (Phi) is 11.1. The van der Waals surface area contributed by atoms with Gasteiger partial charge in [0.1, 0.15) is 0 Å². The van der Waals surface area contributed by atoms with E-state index in [1.165, 1.54) is 37.4 Å². The summed E-state index contributed by atoms with van der Waals surface area (Å²) in [6.07, 6.45) is 7.00. The maximum Gasteiger partial charge on any atom is 0.345 e. The number of aliphatic hydroxyl groups is 1. The zero-order valence-corrected chi connectivity index (χ0v) is 11.2. The molecule has 0 spiro atoms. The Morgan fingerprint density at radius 1 is 1.19 bits per heavy atom. The number of ether oxygens (including phenoxy) is 1. The third kappa shape index (κ3) is 9.04.